The molecule has 112 valence electrons. The third-order valence-corrected chi connectivity index (χ3v) is 4.95. The number of benzene rings is 1. The molecule has 3 nitrogen and oxygen atoms in total. The zero-order chi connectivity index (χ0) is 15.4. The fraction of sp³-hybridized carbons (Fsp3) is 0.176. The molecule has 0 aliphatic heterocycles. The molecule has 0 radical (unpaired) electrons. The van der Waals surface area contributed by atoms with Crippen molar-refractivity contribution in [2.24, 2.45) is 0 Å². The number of carbonyl (C=O) groups is 1. The first-order chi connectivity index (χ1) is 10.7. The molecule has 0 fully saturated rings. The number of hydrogen-bond acceptors (Lipinski definition) is 4. The summed E-state index contributed by atoms with van der Waals surface area (Å²) in [5.74, 6) is 0.0757. The highest BCUT2D eigenvalue weighted by Gasteiger charge is 2.20. The highest BCUT2D eigenvalue weighted by Crippen LogP contribution is 2.29. The van der Waals surface area contributed by atoms with Crippen LogP contribution in [0.4, 0.5) is 10.8 Å². The Morgan fingerprint density at radius 2 is 2.00 bits per heavy atom. The van der Waals surface area contributed by atoms with E-state index in [4.69, 9.17) is 0 Å². The number of carbonyl (C=O) groups excluding carboxylic acids is 1. The number of aryl methyl sites for hydroxylation is 2. The molecule has 0 spiro atoms. The van der Waals surface area contributed by atoms with Crippen LogP contribution in [0.15, 0.2) is 52.5 Å². The van der Waals surface area contributed by atoms with E-state index in [-0.39, 0.29) is 5.91 Å². The summed E-state index contributed by atoms with van der Waals surface area (Å²) in [6, 6.07) is 11.8. The Morgan fingerprint density at radius 1 is 1.18 bits per heavy atom. The van der Waals surface area contributed by atoms with Gasteiger partial charge in [-0.2, -0.15) is 11.3 Å². The normalized spacial score (nSPS) is 10.6. The van der Waals surface area contributed by atoms with Crippen LogP contribution in [0.3, 0.4) is 0 Å². The van der Waals surface area contributed by atoms with E-state index in [1.54, 1.807) is 16.2 Å². The maximum Gasteiger partial charge on any atom is 0.233 e. The number of rotatable bonds is 5. The van der Waals surface area contributed by atoms with Crippen molar-refractivity contribution in [3.63, 3.8) is 0 Å². The third-order valence-electron chi connectivity index (χ3n) is 3.27. The Kier molecular flexibility index (Phi) is 4.65. The SMILES string of the molecule is Cc1csc(N(C(=O)CCc2ccsc2)c2ccccc2)n1. The highest BCUT2D eigenvalue weighted by molar-refractivity contribution is 7.14. The smallest absolute Gasteiger partial charge is 0.233 e. The molecule has 0 atom stereocenters. The molecule has 0 unspecified atom stereocenters. The van der Waals surface area contributed by atoms with Crippen LogP contribution in [0.2, 0.25) is 0 Å². The van der Waals surface area contributed by atoms with Crippen LogP contribution < -0.4 is 4.90 Å². The summed E-state index contributed by atoms with van der Waals surface area (Å²) < 4.78 is 0. The van der Waals surface area contributed by atoms with E-state index in [2.05, 4.69) is 16.4 Å². The van der Waals surface area contributed by atoms with Crippen molar-refractivity contribution >= 4 is 39.4 Å². The Balaban J connectivity index is 1.83. The molecule has 1 aromatic carbocycles. The van der Waals surface area contributed by atoms with E-state index in [0.29, 0.717) is 6.42 Å². The third kappa shape index (κ3) is 3.43. The minimum Gasteiger partial charge on any atom is -0.274 e. The van der Waals surface area contributed by atoms with E-state index in [9.17, 15) is 4.79 Å². The first-order valence-corrected chi connectivity index (χ1v) is 8.87. The molecule has 0 bridgehead atoms. The summed E-state index contributed by atoms with van der Waals surface area (Å²) in [4.78, 5) is 18.9. The minimum atomic E-state index is 0.0757. The second-order valence-corrected chi connectivity index (χ2v) is 6.58. The van der Waals surface area contributed by atoms with Crippen LogP contribution >= 0.6 is 22.7 Å². The first kappa shape index (κ1) is 14.9. The van der Waals surface area contributed by atoms with Gasteiger partial charge in [0.15, 0.2) is 5.13 Å². The summed E-state index contributed by atoms with van der Waals surface area (Å²) in [5.41, 5.74) is 3.01. The summed E-state index contributed by atoms with van der Waals surface area (Å²) in [6.07, 6.45) is 1.24. The molecule has 2 heterocycles. The molecule has 5 heteroatoms. The average Bonchev–Trinajstić information content (AvgIpc) is 3.18. The van der Waals surface area contributed by atoms with E-state index >= 15 is 0 Å². The molecule has 0 saturated heterocycles. The maximum atomic E-state index is 12.7. The van der Waals surface area contributed by atoms with Crippen molar-refractivity contribution in [2.45, 2.75) is 19.8 Å². The van der Waals surface area contributed by atoms with Crippen LogP contribution in [-0.2, 0) is 11.2 Å². The topological polar surface area (TPSA) is 33.2 Å². The quantitative estimate of drug-likeness (QED) is 0.673. The van der Waals surface area contributed by atoms with Crippen molar-refractivity contribution in [1.82, 2.24) is 4.98 Å². The van der Waals surface area contributed by atoms with Gasteiger partial charge in [0.05, 0.1) is 11.4 Å². The summed E-state index contributed by atoms with van der Waals surface area (Å²) in [6.45, 7) is 1.94. The monoisotopic (exact) mass is 328 g/mol. The number of nitrogens with zero attached hydrogens (tertiary/aromatic N) is 2. The lowest BCUT2D eigenvalue weighted by molar-refractivity contribution is -0.117. The lowest BCUT2D eigenvalue weighted by Gasteiger charge is -2.20. The average molecular weight is 328 g/mol. The maximum absolute atomic E-state index is 12.7. The number of thiophene rings is 1. The number of anilines is 2. The zero-order valence-electron chi connectivity index (χ0n) is 12.2. The van der Waals surface area contributed by atoms with E-state index in [0.717, 1.165) is 22.9 Å². The van der Waals surface area contributed by atoms with Gasteiger partial charge >= 0.3 is 0 Å². The number of amides is 1. The van der Waals surface area contributed by atoms with Gasteiger partial charge in [-0.15, -0.1) is 11.3 Å². The largest absolute Gasteiger partial charge is 0.274 e. The number of hydrogen-bond donors (Lipinski definition) is 0. The zero-order valence-corrected chi connectivity index (χ0v) is 13.9. The van der Waals surface area contributed by atoms with Crippen molar-refractivity contribution < 1.29 is 4.79 Å². The van der Waals surface area contributed by atoms with Gasteiger partial charge in [0.1, 0.15) is 0 Å². The Labute approximate surface area is 137 Å². The number of para-hydroxylation sites is 1. The molecule has 0 saturated carbocycles. The Bertz CT molecular complexity index is 735. The van der Waals surface area contributed by atoms with Gasteiger partial charge in [-0.05, 0) is 47.9 Å². The molecule has 0 aliphatic rings. The number of aromatic nitrogens is 1. The van der Waals surface area contributed by atoms with Gasteiger partial charge in [0.2, 0.25) is 5.91 Å². The van der Waals surface area contributed by atoms with Crippen molar-refractivity contribution in [1.29, 1.82) is 0 Å². The molecule has 0 N–H and O–H groups in total. The molecular formula is C17H16N2OS2. The van der Waals surface area contributed by atoms with E-state index in [1.807, 2.05) is 48.0 Å². The van der Waals surface area contributed by atoms with Crippen LogP contribution in [0, 0.1) is 6.92 Å². The van der Waals surface area contributed by atoms with Crippen LogP contribution in [0.1, 0.15) is 17.7 Å². The summed E-state index contributed by atoms with van der Waals surface area (Å²) >= 11 is 3.16. The van der Waals surface area contributed by atoms with Crippen LogP contribution in [0.25, 0.3) is 0 Å². The Hall–Kier alpha value is -1.98. The number of thiazole rings is 1. The second-order valence-electron chi connectivity index (χ2n) is 4.97. The van der Waals surface area contributed by atoms with Gasteiger partial charge in [-0.3, -0.25) is 9.69 Å². The fourth-order valence-electron chi connectivity index (χ4n) is 2.18. The minimum absolute atomic E-state index is 0.0757. The molecule has 1 amide bonds. The Morgan fingerprint density at radius 3 is 2.64 bits per heavy atom. The lowest BCUT2D eigenvalue weighted by atomic mass is 10.1. The highest BCUT2D eigenvalue weighted by atomic mass is 32.1. The van der Waals surface area contributed by atoms with Gasteiger partial charge in [-0.1, -0.05) is 18.2 Å². The second kappa shape index (κ2) is 6.85. The van der Waals surface area contributed by atoms with Gasteiger partial charge < -0.3 is 0 Å². The molecule has 22 heavy (non-hydrogen) atoms. The molecule has 3 rings (SSSR count). The van der Waals surface area contributed by atoms with E-state index < -0.39 is 0 Å². The van der Waals surface area contributed by atoms with Gasteiger partial charge in [0.25, 0.3) is 0 Å². The predicted octanol–water partition coefficient (Wildman–Crippen LogP) is 4.81. The van der Waals surface area contributed by atoms with Crippen molar-refractivity contribution in [2.75, 3.05) is 4.90 Å². The van der Waals surface area contributed by atoms with Crippen LogP contribution in [0.5, 0.6) is 0 Å². The van der Waals surface area contributed by atoms with Crippen LogP contribution in [-0.4, -0.2) is 10.9 Å². The summed E-state index contributed by atoms with van der Waals surface area (Å²) in [7, 11) is 0. The predicted molar refractivity (Wildman–Crippen MR) is 93.1 cm³/mol. The van der Waals surface area contributed by atoms with Gasteiger partial charge in [0, 0.05) is 11.8 Å². The molecule has 0 aliphatic carbocycles. The summed E-state index contributed by atoms with van der Waals surface area (Å²) in [5, 5.41) is 6.84. The molecule has 2 aromatic heterocycles. The van der Waals surface area contributed by atoms with Crippen molar-refractivity contribution in [3.8, 4) is 0 Å². The van der Waals surface area contributed by atoms with E-state index in [1.165, 1.54) is 16.9 Å². The standard InChI is InChI=1S/C17H16N2OS2/c1-13-11-22-17(18-13)19(15-5-3-2-4-6-15)16(20)8-7-14-9-10-21-12-14/h2-6,9-12H,7-8H2,1H3. The molecule has 3 aromatic rings. The van der Waals surface area contributed by atoms with Crippen molar-refractivity contribution in [3.05, 3.63) is 63.8 Å². The first-order valence-electron chi connectivity index (χ1n) is 7.05. The molecular weight excluding hydrogens is 312 g/mol. The fourth-order valence-corrected chi connectivity index (χ4v) is 3.72. The lowest BCUT2D eigenvalue weighted by Crippen LogP contribution is -2.26. The van der Waals surface area contributed by atoms with Gasteiger partial charge in [-0.25, -0.2) is 4.98 Å².